The summed E-state index contributed by atoms with van der Waals surface area (Å²) in [6, 6.07) is 6.67. The number of likely N-dealkylation sites (N-methyl/N-ethyl adjacent to an activating group) is 1. The van der Waals surface area contributed by atoms with Crippen LogP contribution in [0.15, 0.2) is 18.2 Å². The third-order valence-corrected chi connectivity index (χ3v) is 3.96. The van der Waals surface area contributed by atoms with Crippen LogP contribution in [0.5, 0.6) is 5.75 Å². The fourth-order valence-electron chi connectivity index (χ4n) is 3.30. The maximum Gasteiger partial charge on any atom is 0.128 e. The minimum atomic E-state index is -0.111. The van der Waals surface area contributed by atoms with E-state index >= 15 is 0 Å². The molecule has 1 aliphatic heterocycles. The molecule has 0 amide bonds. The van der Waals surface area contributed by atoms with Crippen LogP contribution < -0.4 is 10.5 Å². The van der Waals surface area contributed by atoms with E-state index in [2.05, 4.69) is 64.8 Å². The van der Waals surface area contributed by atoms with Crippen molar-refractivity contribution in [3.05, 3.63) is 29.3 Å². The molecule has 3 heteroatoms. The van der Waals surface area contributed by atoms with Crippen molar-refractivity contribution in [1.29, 1.82) is 0 Å². The summed E-state index contributed by atoms with van der Waals surface area (Å²) in [6.45, 7) is 12.7. The number of para-hydroxylation sites is 1. The molecule has 0 aromatic heterocycles. The summed E-state index contributed by atoms with van der Waals surface area (Å²) < 4.78 is 6.21. The second kappa shape index (κ2) is 5.62. The van der Waals surface area contributed by atoms with Gasteiger partial charge in [-0.2, -0.15) is 0 Å². The van der Waals surface area contributed by atoms with E-state index in [1.165, 1.54) is 11.1 Å². The van der Waals surface area contributed by atoms with Crippen molar-refractivity contribution in [3.8, 4) is 5.75 Å². The summed E-state index contributed by atoms with van der Waals surface area (Å²) in [5.41, 5.74) is 8.76. The summed E-state index contributed by atoms with van der Waals surface area (Å²) >= 11 is 0. The van der Waals surface area contributed by atoms with Gasteiger partial charge in [-0.05, 0) is 31.9 Å². The number of rotatable bonds is 4. The van der Waals surface area contributed by atoms with Gasteiger partial charge in [-0.1, -0.05) is 39.0 Å². The summed E-state index contributed by atoms with van der Waals surface area (Å²) in [7, 11) is 2.16. The van der Waals surface area contributed by atoms with Gasteiger partial charge in [-0.15, -0.1) is 0 Å². The monoisotopic (exact) mass is 290 g/mol. The van der Waals surface area contributed by atoms with E-state index in [1.54, 1.807) is 0 Å². The Morgan fingerprint density at radius 3 is 2.57 bits per heavy atom. The number of nitrogens with zero attached hydrogens (tertiary/aromatic N) is 1. The Morgan fingerprint density at radius 1 is 1.33 bits per heavy atom. The van der Waals surface area contributed by atoms with E-state index in [1.807, 2.05) is 0 Å². The summed E-state index contributed by atoms with van der Waals surface area (Å²) in [5, 5.41) is 0. The van der Waals surface area contributed by atoms with Gasteiger partial charge in [0.2, 0.25) is 0 Å². The zero-order chi connectivity index (χ0) is 15.8. The van der Waals surface area contributed by atoms with Crippen LogP contribution in [0, 0.1) is 5.41 Å². The van der Waals surface area contributed by atoms with Crippen molar-refractivity contribution < 1.29 is 4.74 Å². The lowest BCUT2D eigenvalue weighted by atomic mass is 9.93. The molecule has 1 aliphatic rings. The molecule has 118 valence electrons. The number of hydrogen-bond donors (Lipinski definition) is 1. The molecule has 1 unspecified atom stereocenters. The summed E-state index contributed by atoms with van der Waals surface area (Å²) in [4.78, 5) is 2.35. The fraction of sp³-hybridized carbons (Fsp3) is 0.667. The lowest BCUT2D eigenvalue weighted by Gasteiger charge is -2.34. The lowest BCUT2D eigenvalue weighted by molar-refractivity contribution is 0.129. The van der Waals surface area contributed by atoms with Gasteiger partial charge in [-0.25, -0.2) is 0 Å². The lowest BCUT2D eigenvalue weighted by Crippen LogP contribution is -2.36. The van der Waals surface area contributed by atoms with Crippen LogP contribution in [0.3, 0.4) is 0 Å². The molecule has 1 aromatic rings. The van der Waals surface area contributed by atoms with Gasteiger partial charge in [0.25, 0.3) is 0 Å². The molecule has 2 rings (SSSR count). The first-order valence-electron chi connectivity index (χ1n) is 7.84. The first-order chi connectivity index (χ1) is 9.63. The molecule has 0 aliphatic carbocycles. The Balaban J connectivity index is 2.31. The van der Waals surface area contributed by atoms with E-state index in [-0.39, 0.29) is 17.1 Å². The second-order valence-electron chi connectivity index (χ2n) is 8.10. The molecule has 1 heterocycles. The third-order valence-electron chi connectivity index (χ3n) is 3.96. The molecule has 3 nitrogen and oxygen atoms in total. The van der Waals surface area contributed by atoms with Gasteiger partial charge in [0.1, 0.15) is 11.4 Å². The Labute approximate surface area is 129 Å². The smallest absolute Gasteiger partial charge is 0.128 e. The molecule has 21 heavy (non-hydrogen) atoms. The van der Waals surface area contributed by atoms with Crippen molar-refractivity contribution in [1.82, 2.24) is 4.90 Å². The molecule has 0 saturated heterocycles. The van der Waals surface area contributed by atoms with Crippen molar-refractivity contribution in [2.24, 2.45) is 11.1 Å². The van der Waals surface area contributed by atoms with Crippen LogP contribution in [0.25, 0.3) is 0 Å². The van der Waals surface area contributed by atoms with Gasteiger partial charge in [0.05, 0.1) is 6.04 Å². The first-order valence-corrected chi connectivity index (χ1v) is 7.84. The fourth-order valence-corrected chi connectivity index (χ4v) is 3.30. The second-order valence-corrected chi connectivity index (χ2v) is 8.10. The Morgan fingerprint density at radius 2 is 2.00 bits per heavy atom. The molecule has 2 N–H and O–H groups in total. The Bertz CT molecular complexity index is 502. The molecule has 0 spiro atoms. The number of hydrogen-bond acceptors (Lipinski definition) is 3. The highest BCUT2D eigenvalue weighted by atomic mass is 16.5. The van der Waals surface area contributed by atoms with E-state index < -0.39 is 0 Å². The van der Waals surface area contributed by atoms with Gasteiger partial charge < -0.3 is 10.5 Å². The molecular formula is C18H30N2O. The quantitative estimate of drug-likeness (QED) is 0.924. The summed E-state index contributed by atoms with van der Waals surface area (Å²) in [5.74, 6) is 1.05. The van der Waals surface area contributed by atoms with Crippen molar-refractivity contribution in [2.75, 3.05) is 20.1 Å². The van der Waals surface area contributed by atoms with Crippen LogP contribution in [-0.2, 0) is 6.42 Å². The highest BCUT2D eigenvalue weighted by molar-refractivity contribution is 5.47. The highest BCUT2D eigenvalue weighted by Crippen LogP contribution is 2.41. The Kier molecular flexibility index (Phi) is 4.36. The molecule has 0 radical (unpaired) electrons. The molecule has 1 aromatic carbocycles. The molecule has 0 fully saturated rings. The van der Waals surface area contributed by atoms with Gasteiger partial charge in [-0.3, -0.25) is 4.90 Å². The predicted molar refractivity (Wildman–Crippen MR) is 88.7 cm³/mol. The van der Waals surface area contributed by atoms with E-state index in [0.29, 0.717) is 6.54 Å². The summed E-state index contributed by atoms with van der Waals surface area (Å²) in [6.07, 6.45) is 0.969. The van der Waals surface area contributed by atoms with Gasteiger partial charge in [0, 0.05) is 25.1 Å². The molecule has 0 bridgehead atoms. The minimum Gasteiger partial charge on any atom is -0.487 e. The SMILES string of the molecule is CN(CC(C)(C)C)C(CN)c1cccc2c1OC(C)(C)C2. The predicted octanol–water partition coefficient (Wildman–Crippen LogP) is 3.38. The van der Waals surface area contributed by atoms with Crippen molar-refractivity contribution >= 4 is 0 Å². The minimum absolute atomic E-state index is 0.111. The first kappa shape index (κ1) is 16.3. The standard InChI is InChI=1S/C18H30N2O/c1-17(2,3)12-20(6)15(11-19)14-9-7-8-13-10-18(4,5)21-16(13)14/h7-9,15H,10-12,19H2,1-6H3. The van der Waals surface area contributed by atoms with Crippen LogP contribution in [0.4, 0.5) is 0 Å². The average molecular weight is 290 g/mol. The topological polar surface area (TPSA) is 38.5 Å². The Hall–Kier alpha value is -1.06. The maximum absolute atomic E-state index is 6.21. The molecule has 1 atom stereocenters. The zero-order valence-electron chi connectivity index (χ0n) is 14.4. The van der Waals surface area contributed by atoms with E-state index in [4.69, 9.17) is 10.5 Å². The van der Waals surface area contributed by atoms with Crippen molar-refractivity contribution in [2.45, 2.75) is 52.7 Å². The van der Waals surface area contributed by atoms with Crippen LogP contribution in [0.1, 0.15) is 51.8 Å². The average Bonchev–Trinajstić information content (AvgIpc) is 2.62. The van der Waals surface area contributed by atoms with Crippen LogP contribution in [0.2, 0.25) is 0 Å². The highest BCUT2D eigenvalue weighted by Gasteiger charge is 2.34. The normalized spacial score (nSPS) is 18.5. The largest absolute Gasteiger partial charge is 0.487 e. The van der Waals surface area contributed by atoms with Gasteiger partial charge >= 0.3 is 0 Å². The van der Waals surface area contributed by atoms with Crippen molar-refractivity contribution in [3.63, 3.8) is 0 Å². The van der Waals surface area contributed by atoms with E-state index in [9.17, 15) is 0 Å². The van der Waals surface area contributed by atoms with E-state index in [0.717, 1.165) is 18.7 Å². The number of ether oxygens (including phenoxy) is 1. The maximum atomic E-state index is 6.21. The molecule has 0 saturated carbocycles. The third kappa shape index (κ3) is 3.78. The molecular weight excluding hydrogens is 260 g/mol. The number of benzene rings is 1. The van der Waals surface area contributed by atoms with Gasteiger partial charge in [0.15, 0.2) is 0 Å². The van der Waals surface area contributed by atoms with Crippen LogP contribution >= 0.6 is 0 Å². The number of fused-ring (bicyclic) bond motifs is 1. The zero-order valence-corrected chi connectivity index (χ0v) is 14.4. The number of nitrogens with two attached hydrogens (primary N) is 1. The van der Waals surface area contributed by atoms with Crippen LogP contribution in [-0.4, -0.2) is 30.6 Å².